The normalized spacial score (nSPS) is 21.2. The van der Waals surface area contributed by atoms with Crippen molar-refractivity contribution in [1.82, 2.24) is 5.32 Å². The van der Waals surface area contributed by atoms with Crippen molar-refractivity contribution in [2.45, 2.75) is 25.9 Å². The highest BCUT2D eigenvalue weighted by atomic mass is 14.9. The van der Waals surface area contributed by atoms with Gasteiger partial charge in [0.15, 0.2) is 0 Å². The molecule has 0 spiro atoms. The van der Waals surface area contributed by atoms with Crippen molar-refractivity contribution in [3.05, 3.63) is 34.9 Å². The second kappa shape index (κ2) is 3.48. The Kier molecular flexibility index (Phi) is 2.34. The molecule has 0 aliphatic carbocycles. The first-order valence-corrected chi connectivity index (χ1v) is 4.86. The fourth-order valence-corrected chi connectivity index (χ4v) is 1.96. The lowest BCUT2D eigenvalue weighted by Gasteiger charge is -2.24. The van der Waals surface area contributed by atoms with Crippen molar-refractivity contribution < 1.29 is 0 Å². The van der Waals surface area contributed by atoms with Crippen molar-refractivity contribution in [1.29, 1.82) is 0 Å². The van der Waals surface area contributed by atoms with E-state index in [-0.39, 0.29) is 0 Å². The molecule has 1 aliphatic rings. The highest BCUT2D eigenvalue weighted by Crippen LogP contribution is 2.23. The summed E-state index contributed by atoms with van der Waals surface area (Å²) >= 11 is 0. The van der Waals surface area contributed by atoms with Gasteiger partial charge in [0.2, 0.25) is 0 Å². The van der Waals surface area contributed by atoms with Gasteiger partial charge in [-0.2, -0.15) is 0 Å². The summed E-state index contributed by atoms with van der Waals surface area (Å²) in [6.45, 7) is 3.94. The molecule has 70 valence electrons. The SMILES string of the molecule is CC1NCCc2cc(CN)ccc21. The minimum atomic E-state index is 0.496. The highest BCUT2D eigenvalue weighted by molar-refractivity contribution is 5.35. The van der Waals surface area contributed by atoms with Gasteiger partial charge >= 0.3 is 0 Å². The lowest BCUT2D eigenvalue weighted by atomic mass is 9.93. The largest absolute Gasteiger partial charge is 0.326 e. The maximum Gasteiger partial charge on any atom is 0.0294 e. The van der Waals surface area contributed by atoms with Gasteiger partial charge in [-0.05, 0) is 36.6 Å². The van der Waals surface area contributed by atoms with E-state index in [0.29, 0.717) is 12.6 Å². The molecule has 0 aromatic heterocycles. The third kappa shape index (κ3) is 1.60. The molecule has 0 radical (unpaired) electrons. The second-order valence-corrected chi connectivity index (χ2v) is 3.66. The van der Waals surface area contributed by atoms with Crippen LogP contribution in [0, 0.1) is 0 Å². The lowest BCUT2D eigenvalue weighted by Crippen LogP contribution is -2.27. The van der Waals surface area contributed by atoms with E-state index in [0.717, 1.165) is 13.0 Å². The summed E-state index contributed by atoms with van der Waals surface area (Å²) in [5.74, 6) is 0. The number of hydrogen-bond donors (Lipinski definition) is 2. The molecule has 1 aliphatic heterocycles. The molecule has 0 amide bonds. The zero-order valence-corrected chi connectivity index (χ0v) is 8.01. The quantitative estimate of drug-likeness (QED) is 0.678. The molecular formula is C11H16N2. The monoisotopic (exact) mass is 176 g/mol. The predicted octanol–water partition coefficient (Wildman–Crippen LogP) is 1.35. The van der Waals surface area contributed by atoms with Gasteiger partial charge in [-0.3, -0.25) is 0 Å². The average molecular weight is 176 g/mol. The molecule has 13 heavy (non-hydrogen) atoms. The van der Waals surface area contributed by atoms with Gasteiger partial charge < -0.3 is 11.1 Å². The summed E-state index contributed by atoms with van der Waals surface area (Å²) in [6.07, 6.45) is 1.13. The van der Waals surface area contributed by atoms with Crippen LogP contribution < -0.4 is 11.1 Å². The molecule has 2 nitrogen and oxygen atoms in total. The van der Waals surface area contributed by atoms with E-state index in [1.165, 1.54) is 16.7 Å². The van der Waals surface area contributed by atoms with Crippen LogP contribution in [0.5, 0.6) is 0 Å². The number of benzene rings is 1. The molecule has 1 unspecified atom stereocenters. The van der Waals surface area contributed by atoms with Crippen molar-refractivity contribution in [3.8, 4) is 0 Å². The zero-order valence-electron chi connectivity index (χ0n) is 8.01. The van der Waals surface area contributed by atoms with Crippen molar-refractivity contribution in [2.75, 3.05) is 6.54 Å². The molecule has 1 heterocycles. The van der Waals surface area contributed by atoms with E-state index in [1.54, 1.807) is 0 Å². The summed E-state index contributed by atoms with van der Waals surface area (Å²) in [4.78, 5) is 0. The molecule has 1 aromatic rings. The molecule has 2 rings (SSSR count). The third-order valence-corrected chi connectivity index (χ3v) is 2.75. The van der Waals surface area contributed by atoms with Crippen LogP contribution in [0.2, 0.25) is 0 Å². The summed E-state index contributed by atoms with van der Waals surface area (Å²) in [5, 5.41) is 3.44. The van der Waals surface area contributed by atoms with Crippen LogP contribution in [-0.4, -0.2) is 6.54 Å². The van der Waals surface area contributed by atoms with E-state index in [9.17, 15) is 0 Å². The van der Waals surface area contributed by atoms with Gasteiger partial charge in [-0.25, -0.2) is 0 Å². The Morgan fingerprint density at radius 2 is 2.38 bits per heavy atom. The summed E-state index contributed by atoms with van der Waals surface area (Å²) in [7, 11) is 0. The van der Waals surface area contributed by atoms with Crippen LogP contribution in [0.25, 0.3) is 0 Å². The Balaban J connectivity index is 2.39. The summed E-state index contributed by atoms with van der Waals surface area (Å²) < 4.78 is 0. The van der Waals surface area contributed by atoms with Crippen LogP contribution in [0.4, 0.5) is 0 Å². The minimum absolute atomic E-state index is 0.496. The third-order valence-electron chi connectivity index (χ3n) is 2.75. The van der Waals surface area contributed by atoms with Crippen LogP contribution in [-0.2, 0) is 13.0 Å². The summed E-state index contributed by atoms with van der Waals surface area (Å²) in [6, 6.07) is 7.07. The molecule has 1 aromatic carbocycles. The second-order valence-electron chi connectivity index (χ2n) is 3.66. The van der Waals surface area contributed by atoms with Crippen LogP contribution in [0.1, 0.15) is 29.7 Å². The van der Waals surface area contributed by atoms with Gasteiger partial charge in [0.1, 0.15) is 0 Å². The number of fused-ring (bicyclic) bond motifs is 1. The minimum Gasteiger partial charge on any atom is -0.326 e. The molecule has 0 saturated carbocycles. The fourth-order valence-electron chi connectivity index (χ4n) is 1.96. The number of rotatable bonds is 1. The van der Waals surface area contributed by atoms with Gasteiger partial charge in [0, 0.05) is 12.6 Å². The first-order chi connectivity index (χ1) is 6.31. The molecule has 0 saturated heterocycles. The predicted molar refractivity (Wildman–Crippen MR) is 54.5 cm³/mol. The first-order valence-electron chi connectivity index (χ1n) is 4.86. The molecule has 1 atom stereocenters. The van der Waals surface area contributed by atoms with E-state index in [4.69, 9.17) is 5.73 Å². The molecular weight excluding hydrogens is 160 g/mol. The van der Waals surface area contributed by atoms with Crippen molar-refractivity contribution >= 4 is 0 Å². The Morgan fingerprint density at radius 1 is 1.54 bits per heavy atom. The maximum atomic E-state index is 5.60. The lowest BCUT2D eigenvalue weighted by molar-refractivity contribution is 0.540. The average Bonchev–Trinajstić information content (AvgIpc) is 2.18. The zero-order chi connectivity index (χ0) is 9.26. The van der Waals surface area contributed by atoms with Crippen LogP contribution in [0.3, 0.4) is 0 Å². The number of nitrogens with two attached hydrogens (primary N) is 1. The smallest absolute Gasteiger partial charge is 0.0294 e. The molecule has 2 heteroatoms. The first kappa shape index (κ1) is 8.73. The van der Waals surface area contributed by atoms with Gasteiger partial charge in [-0.15, -0.1) is 0 Å². The Hall–Kier alpha value is -0.860. The van der Waals surface area contributed by atoms with Gasteiger partial charge in [0.25, 0.3) is 0 Å². The number of nitrogens with one attached hydrogen (secondary N) is 1. The number of hydrogen-bond acceptors (Lipinski definition) is 2. The molecule has 0 bridgehead atoms. The maximum absolute atomic E-state index is 5.60. The van der Waals surface area contributed by atoms with Gasteiger partial charge in [0.05, 0.1) is 0 Å². The van der Waals surface area contributed by atoms with E-state index in [1.807, 2.05) is 0 Å². The van der Waals surface area contributed by atoms with Crippen LogP contribution >= 0.6 is 0 Å². The fraction of sp³-hybridized carbons (Fsp3) is 0.455. The van der Waals surface area contributed by atoms with E-state index in [2.05, 4.69) is 30.4 Å². The Labute approximate surface area is 79.1 Å². The molecule has 3 N–H and O–H groups in total. The van der Waals surface area contributed by atoms with Gasteiger partial charge in [-0.1, -0.05) is 18.2 Å². The van der Waals surface area contributed by atoms with E-state index < -0.39 is 0 Å². The topological polar surface area (TPSA) is 38.0 Å². The van der Waals surface area contributed by atoms with E-state index >= 15 is 0 Å². The standard InChI is InChI=1S/C11H16N2/c1-8-11-3-2-9(7-12)6-10(11)4-5-13-8/h2-3,6,8,13H,4-5,7,12H2,1H3. The Bertz CT molecular complexity index is 307. The van der Waals surface area contributed by atoms with Crippen LogP contribution in [0.15, 0.2) is 18.2 Å². The highest BCUT2D eigenvalue weighted by Gasteiger charge is 2.14. The Morgan fingerprint density at radius 3 is 3.15 bits per heavy atom. The van der Waals surface area contributed by atoms with Crippen molar-refractivity contribution in [2.24, 2.45) is 5.73 Å². The molecule has 0 fully saturated rings. The summed E-state index contributed by atoms with van der Waals surface area (Å²) in [5.41, 5.74) is 9.75. The van der Waals surface area contributed by atoms with Crippen molar-refractivity contribution in [3.63, 3.8) is 0 Å².